The molecule has 6 heteroatoms. The molecule has 4 nitrogen and oxygen atoms in total. The molecule has 0 amide bonds. The van der Waals surface area contributed by atoms with Gasteiger partial charge in [0, 0.05) is 10.6 Å². The lowest BCUT2D eigenvalue weighted by molar-refractivity contribution is 0.596. The predicted molar refractivity (Wildman–Crippen MR) is 67.9 cm³/mol. The lowest BCUT2D eigenvalue weighted by Crippen LogP contribution is -2.13. The summed E-state index contributed by atoms with van der Waals surface area (Å²) in [6.45, 7) is 2.09. The number of hydrogen-bond acceptors (Lipinski definition) is 4. The Bertz CT molecular complexity index is 458. The molecule has 0 unspecified atom stereocenters. The van der Waals surface area contributed by atoms with Crippen LogP contribution in [0.3, 0.4) is 0 Å². The van der Waals surface area contributed by atoms with Gasteiger partial charge in [-0.15, -0.1) is 11.8 Å². The van der Waals surface area contributed by atoms with Crippen molar-refractivity contribution in [2.75, 3.05) is 11.5 Å². The molecule has 0 radical (unpaired) electrons. The first-order valence-electron chi connectivity index (χ1n) is 5.00. The van der Waals surface area contributed by atoms with E-state index < -0.39 is 10.0 Å². The van der Waals surface area contributed by atoms with Crippen LogP contribution in [0.5, 0.6) is 0 Å². The molecular formula is C10H16N2O2S2. The van der Waals surface area contributed by atoms with Crippen molar-refractivity contribution in [1.82, 2.24) is 0 Å². The van der Waals surface area contributed by atoms with Crippen LogP contribution in [0.4, 0.5) is 5.69 Å². The molecule has 16 heavy (non-hydrogen) atoms. The van der Waals surface area contributed by atoms with E-state index in [1.807, 2.05) is 0 Å². The second-order valence-corrected chi connectivity index (χ2v) is 6.12. The number of anilines is 1. The van der Waals surface area contributed by atoms with E-state index in [1.165, 1.54) is 17.8 Å². The predicted octanol–water partition coefficient (Wildman–Crippen LogP) is 1.81. The van der Waals surface area contributed by atoms with E-state index in [0.717, 1.165) is 18.6 Å². The summed E-state index contributed by atoms with van der Waals surface area (Å²) in [5.41, 5.74) is 5.96. The fourth-order valence-corrected chi connectivity index (χ4v) is 3.39. The lowest BCUT2D eigenvalue weighted by atomic mass is 10.3. The molecule has 0 fully saturated rings. The molecule has 0 aliphatic carbocycles. The Kier molecular flexibility index (Phi) is 4.64. The zero-order valence-corrected chi connectivity index (χ0v) is 10.8. The summed E-state index contributed by atoms with van der Waals surface area (Å²) >= 11 is 1.49. The third kappa shape index (κ3) is 3.70. The number of sulfonamides is 1. The van der Waals surface area contributed by atoms with Crippen LogP contribution in [-0.4, -0.2) is 14.2 Å². The summed E-state index contributed by atoms with van der Waals surface area (Å²) in [5, 5.41) is 5.13. The van der Waals surface area contributed by atoms with Gasteiger partial charge in [0.2, 0.25) is 10.0 Å². The molecule has 0 saturated heterocycles. The molecule has 0 bridgehead atoms. The molecule has 0 aromatic heterocycles. The summed E-state index contributed by atoms with van der Waals surface area (Å²) < 4.78 is 22.7. The monoisotopic (exact) mass is 260 g/mol. The van der Waals surface area contributed by atoms with E-state index >= 15 is 0 Å². The zero-order chi connectivity index (χ0) is 12.2. The third-order valence-electron chi connectivity index (χ3n) is 2.03. The van der Waals surface area contributed by atoms with Gasteiger partial charge in [-0.3, -0.25) is 0 Å². The topological polar surface area (TPSA) is 86.2 Å². The quantitative estimate of drug-likeness (QED) is 0.480. The van der Waals surface area contributed by atoms with Crippen LogP contribution in [0.15, 0.2) is 28.0 Å². The number of unbranched alkanes of at least 4 members (excludes halogenated alkanes) is 1. The number of rotatable bonds is 5. The minimum absolute atomic E-state index is 0.119. The van der Waals surface area contributed by atoms with Crippen LogP contribution in [0.25, 0.3) is 0 Å². The summed E-state index contributed by atoms with van der Waals surface area (Å²) in [4.78, 5) is 0.791. The molecule has 4 N–H and O–H groups in total. The van der Waals surface area contributed by atoms with Crippen LogP contribution >= 0.6 is 11.8 Å². The molecule has 1 aromatic rings. The van der Waals surface area contributed by atoms with Crippen molar-refractivity contribution in [3.63, 3.8) is 0 Å². The second kappa shape index (κ2) is 5.56. The van der Waals surface area contributed by atoms with Crippen molar-refractivity contribution < 1.29 is 8.42 Å². The molecule has 0 saturated carbocycles. The van der Waals surface area contributed by atoms with Crippen molar-refractivity contribution in [3.8, 4) is 0 Å². The van der Waals surface area contributed by atoms with Crippen molar-refractivity contribution >= 4 is 27.5 Å². The van der Waals surface area contributed by atoms with Crippen LogP contribution < -0.4 is 10.9 Å². The highest BCUT2D eigenvalue weighted by molar-refractivity contribution is 8.00. The second-order valence-electron chi connectivity index (χ2n) is 3.45. The molecule has 0 spiro atoms. The van der Waals surface area contributed by atoms with Gasteiger partial charge in [0.15, 0.2) is 0 Å². The van der Waals surface area contributed by atoms with Gasteiger partial charge in [-0.1, -0.05) is 13.3 Å². The first-order valence-corrected chi connectivity index (χ1v) is 7.53. The molecule has 90 valence electrons. The van der Waals surface area contributed by atoms with Crippen molar-refractivity contribution in [3.05, 3.63) is 18.2 Å². The molecule has 0 atom stereocenters. The van der Waals surface area contributed by atoms with E-state index in [0.29, 0.717) is 10.6 Å². The molecule has 0 aliphatic heterocycles. The van der Waals surface area contributed by atoms with Crippen molar-refractivity contribution in [2.24, 2.45) is 5.14 Å². The first-order chi connectivity index (χ1) is 7.45. The Morgan fingerprint density at radius 3 is 2.62 bits per heavy atom. The average molecular weight is 260 g/mol. The fourth-order valence-electron chi connectivity index (χ4n) is 1.19. The van der Waals surface area contributed by atoms with Crippen LogP contribution in [0.1, 0.15) is 19.8 Å². The average Bonchev–Trinajstić information content (AvgIpc) is 2.19. The Labute approximate surface area is 100 Å². The Balaban J connectivity index is 2.99. The molecule has 1 rings (SSSR count). The zero-order valence-electron chi connectivity index (χ0n) is 9.14. The van der Waals surface area contributed by atoms with Gasteiger partial charge in [-0.25, -0.2) is 13.6 Å². The Morgan fingerprint density at radius 1 is 1.38 bits per heavy atom. The summed E-state index contributed by atoms with van der Waals surface area (Å²) in [6, 6.07) is 4.79. The van der Waals surface area contributed by atoms with E-state index in [4.69, 9.17) is 10.9 Å². The minimum atomic E-state index is -3.69. The molecule has 0 heterocycles. The third-order valence-corrected chi connectivity index (χ3v) is 4.27. The van der Waals surface area contributed by atoms with Gasteiger partial charge in [0.1, 0.15) is 0 Å². The highest BCUT2D eigenvalue weighted by atomic mass is 32.2. The standard InChI is InChI=1S/C10H16N2O2S2/c1-2-3-6-15-9-5-4-8(11)7-10(9)16(12,13)14/h4-5,7H,2-3,6,11H2,1H3,(H2,12,13,14). The smallest absolute Gasteiger partial charge is 0.239 e. The number of nitrogens with two attached hydrogens (primary N) is 2. The summed E-state index contributed by atoms with van der Waals surface area (Å²) in [7, 11) is -3.69. The van der Waals surface area contributed by atoms with E-state index in [-0.39, 0.29) is 4.90 Å². The number of thioether (sulfide) groups is 1. The van der Waals surface area contributed by atoms with E-state index in [1.54, 1.807) is 12.1 Å². The van der Waals surface area contributed by atoms with Gasteiger partial charge in [-0.2, -0.15) is 0 Å². The van der Waals surface area contributed by atoms with Gasteiger partial charge in [-0.05, 0) is 30.4 Å². The highest BCUT2D eigenvalue weighted by Crippen LogP contribution is 2.28. The van der Waals surface area contributed by atoms with Gasteiger partial charge in [0.05, 0.1) is 4.90 Å². The van der Waals surface area contributed by atoms with Crippen LogP contribution in [-0.2, 0) is 10.0 Å². The van der Waals surface area contributed by atoms with E-state index in [2.05, 4.69) is 6.92 Å². The summed E-state index contributed by atoms with van der Waals surface area (Å²) in [5.74, 6) is 0.878. The highest BCUT2D eigenvalue weighted by Gasteiger charge is 2.14. The summed E-state index contributed by atoms with van der Waals surface area (Å²) in [6.07, 6.45) is 2.12. The number of primary sulfonamides is 1. The van der Waals surface area contributed by atoms with Crippen LogP contribution in [0.2, 0.25) is 0 Å². The molecule has 1 aromatic carbocycles. The SMILES string of the molecule is CCCCSc1ccc(N)cc1S(N)(=O)=O. The van der Waals surface area contributed by atoms with Crippen molar-refractivity contribution in [2.45, 2.75) is 29.6 Å². The normalized spacial score (nSPS) is 11.6. The Hall–Kier alpha value is -0.720. The first kappa shape index (κ1) is 13.3. The van der Waals surface area contributed by atoms with E-state index in [9.17, 15) is 8.42 Å². The van der Waals surface area contributed by atoms with Crippen molar-refractivity contribution in [1.29, 1.82) is 0 Å². The largest absolute Gasteiger partial charge is 0.399 e. The van der Waals surface area contributed by atoms with Gasteiger partial charge >= 0.3 is 0 Å². The van der Waals surface area contributed by atoms with Crippen LogP contribution in [0, 0.1) is 0 Å². The minimum Gasteiger partial charge on any atom is -0.399 e. The van der Waals surface area contributed by atoms with Gasteiger partial charge < -0.3 is 5.73 Å². The number of nitrogen functional groups attached to an aromatic ring is 1. The van der Waals surface area contributed by atoms with Gasteiger partial charge in [0.25, 0.3) is 0 Å². The fraction of sp³-hybridized carbons (Fsp3) is 0.400. The molecule has 0 aliphatic rings. The maximum absolute atomic E-state index is 11.3. The number of hydrogen-bond donors (Lipinski definition) is 2. The maximum atomic E-state index is 11.3. The Morgan fingerprint density at radius 2 is 2.06 bits per heavy atom. The molecular weight excluding hydrogens is 244 g/mol. The number of benzene rings is 1. The lowest BCUT2D eigenvalue weighted by Gasteiger charge is -2.07. The maximum Gasteiger partial charge on any atom is 0.239 e.